The van der Waals surface area contributed by atoms with Crippen molar-refractivity contribution in [3.05, 3.63) is 71.7 Å². The minimum Gasteiger partial charge on any atom is -0.438 e. The highest BCUT2D eigenvalue weighted by atomic mass is 32.2. The van der Waals surface area contributed by atoms with Crippen LogP contribution < -0.4 is 10.0 Å². The first kappa shape index (κ1) is 20.8. The van der Waals surface area contributed by atoms with Crippen molar-refractivity contribution in [2.45, 2.75) is 44.5 Å². The van der Waals surface area contributed by atoms with Crippen molar-refractivity contribution in [1.29, 1.82) is 0 Å². The van der Waals surface area contributed by atoms with Crippen LogP contribution in [0.25, 0.3) is 0 Å². The van der Waals surface area contributed by atoms with Gasteiger partial charge in [0.25, 0.3) is 15.9 Å². The molecule has 0 atom stereocenters. The Kier molecular flexibility index (Phi) is 5.90. The summed E-state index contributed by atoms with van der Waals surface area (Å²) in [6.45, 7) is 6.03. The summed E-state index contributed by atoms with van der Waals surface area (Å²) >= 11 is 0. The van der Waals surface area contributed by atoms with Gasteiger partial charge in [0.15, 0.2) is 5.76 Å². The van der Waals surface area contributed by atoms with Crippen molar-refractivity contribution in [3.8, 4) is 0 Å². The number of hydrogen-bond acceptors (Lipinski definition) is 5. The van der Waals surface area contributed by atoms with Crippen LogP contribution in [0.3, 0.4) is 0 Å². The Morgan fingerprint density at radius 1 is 1.10 bits per heavy atom. The van der Waals surface area contributed by atoms with Crippen LogP contribution in [0, 0.1) is 0 Å². The van der Waals surface area contributed by atoms with Gasteiger partial charge in [-0.1, -0.05) is 24.3 Å². The summed E-state index contributed by atoms with van der Waals surface area (Å²) in [5.41, 5.74) is 1.30. The molecule has 3 aromatic rings. The van der Waals surface area contributed by atoms with Gasteiger partial charge in [-0.25, -0.2) is 13.1 Å². The van der Waals surface area contributed by atoms with Gasteiger partial charge in [0, 0.05) is 24.5 Å². The number of furan rings is 1. The highest BCUT2D eigenvalue weighted by molar-refractivity contribution is 7.89. The number of amides is 1. The molecule has 2 N–H and O–H groups in total. The summed E-state index contributed by atoms with van der Waals surface area (Å²) < 4.78 is 34.2. The maximum Gasteiger partial charge on any atom is 0.287 e. The average molecular weight is 417 g/mol. The lowest BCUT2D eigenvalue weighted by molar-refractivity contribution is 0.0917. The van der Waals surface area contributed by atoms with Gasteiger partial charge in [0.05, 0.1) is 6.54 Å². The Bertz CT molecular complexity index is 1080. The number of nitrogens with zero attached hydrogens (tertiary/aromatic N) is 2. The van der Waals surface area contributed by atoms with Gasteiger partial charge in [0.2, 0.25) is 5.09 Å². The molecule has 0 saturated carbocycles. The van der Waals surface area contributed by atoms with Gasteiger partial charge in [-0.2, -0.15) is 5.10 Å². The number of rotatable bonds is 7. The zero-order valence-electron chi connectivity index (χ0n) is 16.5. The summed E-state index contributed by atoms with van der Waals surface area (Å²) in [4.78, 5) is 12.4. The molecule has 154 valence electrons. The molecule has 1 aromatic carbocycles. The van der Waals surface area contributed by atoms with E-state index in [4.69, 9.17) is 4.42 Å². The SMILES string of the molecule is CC(C)(C)NS(=O)(=O)c1ccc(C(=O)NCc2ccccc2Cn2cccn2)o1. The molecule has 9 heteroatoms. The zero-order valence-corrected chi connectivity index (χ0v) is 17.4. The Morgan fingerprint density at radius 2 is 1.83 bits per heavy atom. The molecule has 0 aliphatic heterocycles. The summed E-state index contributed by atoms with van der Waals surface area (Å²) in [5.74, 6) is -0.556. The number of aromatic nitrogens is 2. The van der Waals surface area contributed by atoms with E-state index in [1.54, 1.807) is 31.6 Å². The van der Waals surface area contributed by atoms with Gasteiger partial charge in [-0.3, -0.25) is 9.48 Å². The number of carbonyl (C=O) groups is 1. The van der Waals surface area contributed by atoms with E-state index in [1.807, 2.05) is 36.5 Å². The second-order valence-corrected chi connectivity index (χ2v) is 9.24. The standard InChI is InChI=1S/C20H24N4O4S/c1-20(2,3)23-29(26,27)18-10-9-17(28-18)19(25)21-13-15-7-4-5-8-16(15)14-24-12-6-11-22-24/h4-12,23H,13-14H2,1-3H3,(H,21,25). The van der Waals surface area contributed by atoms with Gasteiger partial charge in [0.1, 0.15) is 0 Å². The largest absolute Gasteiger partial charge is 0.438 e. The highest BCUT2D eigenvalue weighted by Crippen LogP contribution is 2.17. The van der Waals surface area contributed by atoms with Crippen LogP contribution in [0.1, 0.15) is 42.5 Å². The maximum atomic E-state index is 12.4. The second-order valence-electron chi connectivity index (χ2n) is 7.63. The van der Waals surface area contributed by atoms with Gasteiger partial charge in [-0.05, 0) is 50.1 Å². The van der Waals surface area contributed by atoms with Gasteiger partial charge in [-0.15, -0.1) is 0 Å². The minimum atomic E-state index is -3.84. The fourth-order valence-electron chi connectivity index (χ4n) is 2.76. The van der Waals surface area contributed by atoms with Crippen molar-refractivity contribution in [2.75, 3.05) is 0 Å². The molecule has 0 spiro atoms. The van der Waals surface area contributed by atoms with Crippen molar-refractivity contribution in [2.24, 2.45) is 0 Å². The third kappa shape index (κ3) is 5.55. The van der Waals surface area contributed by atoms with E-state index in [0.717, 1.165) is 11.1 Å². The molecule has 2 aromatic heterocycles. The topological polar surface area (TPSA) is 106 Å². The number of nitrogens with one attached hydrogen (secondary N) is 2. The third-order valence-electron chi connectivity index (χ3n) is 3.96. The monoisotopic (exact) mass is 416 g/mol. The molecule has 0 radical (unpaired) electrons. The molecular weight excluding hydrogens is 392 g/mol. The first-order chi connectivity index (χ1) is 13.6. The predicted molar refractivity (Wildman–Crippen MR) is 108 cm³/mol. The number of benzene rings is 1. The highest BCUT2D eigenvalue weighted by Gasteiger charge is 2.26. The first-order valence-corrected chi connectivity index (χ1v) is 10.6. The molecular formula is C20H24N4O4S. The van der Waals surface area contributed by atoms with Crippen LogP contribution in [0.15, 0.2) is 64.4 Å². The van der Waals surface area contributed by atoms with E-state index in [2.05, 4.69) is 15.1 Å². The normalized spacial score (nSPS) is 12.1. The Morgan fingerprint density at radius 3 is 2.48 bits per heavy atom. The van der Waals surface area contributed by atoms with Crippen LogP contribution in [-0.4, -0.2) is 29.6 Å². The Balaban J connectivity index is 1.67. The lowest BCUT2D eigenvalue weighted by atomic mass is 10.1. The summed E-state index contributed by atoms with van der Waals surface area (Å²) in [5, 5.41) is 6.67. The molecule has 0 aliphatic carbocycles. The van der Waals surface area contributed by atoms with Crippen LogP contribution in [-0.2, 0) is 23.1 Å². The molecule has 0 unspecified atom stereocenters. The van der Waals surface area contributed by atoms with E-state index in [-0.39, 0.29) is 17.4 Å². The molecule has 0 bridgehead atoms. The number of carbonyl (C=O) groups excluding carboxylic acids is 1. The van der Waals surface area contributed by atoms with Crippen LogP contribution in [0.5, 0.6) is 0 Å². The van der Waals surface area contributed by atoms with Crippen molar-refractivity contribution >= 4 is 15.9 Å². The van der Waals surface area contributed by atoms with E-state index in [1.165, 1.54) is 12.1 Å². The maximum absolute atomic E-state index is 12.4. The Hall–Kier alpha value is -2.91. The fraction of sp³-hybridized carbons (Fsp3) is 0.300. The smallest absolute Gasteiger partial charge is 0.287 e. The van der Waals surface area contributed by atoms with E-state index in [9.17, 15) is 13.2 Å². The molecule has 8 nitrogen and oxygen atoms in total. The minimum absolute atomic E-state index is 0.0659. The predicted octanol–water partition coefficient (Wildman–Crippen LogP) is 2.53. The van der Waals surface area contributed by atoms with E-state index < -0.39 is 21.5 Å². The number of sulfonamides is 1. The van der Waals surface area contributed by atoms with E-state index in [0.29, 0.717) is 6.54 Å². The molecule has 1 amide bonds. The molecule has 2 heterocycles. The molecule has 29 heavy (non-hydrogen) atoms. The fourth-order valence-corrected chi connectivity index (χ4v) is 4.11. The second kappa shape index (κ2) is 8.22. The summed E-state index contributed by atoms with van der Waals surface area (Å²) in [6, 6.07) is 12.2. The quantitative estimate of drug-likeness (QED) is 0.616. The van der Waals surface area contributed by atoms with Crippen LogP contribution in [0.4, 0.5) is 0 Å². The molecule has 0 fully saturated rings. The average Bonchev–Trinajstić information content (AvgIpc) is 3.31. The van der Waals surface area contributed by atoms with Gasteiger partial charge >= 0.3 is 0 Å². The first-order valence-electron chi connectivity index (χ1n) is 9.10. The molecule has 3 rings (SSSR count). The molecule has 0 aliphatic rings. The van der Waals surface area contributed by atoms with Crippen molar-refractivity contribution in [3.63, 3.8) is 0 Å². The van der Waals surface area contributed by atoms with Crippen molar-refractivity contribution in [1.82, 2.24) is 19.8 Å². The zero-order chi connectivity index (χ0) is 21.1. The van der Waals surface area contributed by atoms with E-state index >= 15 is 0 Å². The molecule has 0 saturated heterocycles. The lowest BCUT2D eigenvalue weighted by Gasteiger charge is -2.18. The van der Waals surface area contributed by atoms with Gasteiger partial charge < -0.3 is 9.73 Å². The van der Waals surface area contributed by atoms with Crippen LogP contribution in [0.2, 0.25) is 0 Å². The van der Waals surface area contributed by atoms with Crippen LogP contribution >= 0.6 is 0 Å². The lowest BCUT2D eigenvalue weighted by Crippen LogP contribution is -2.40. The van der Waals surface area contributed by atoms with Crippen molar-refractivity contribution < 1.29 is 17.6 Å². The Labute approximate surface area is 170 Å². The third-order valence-corrected chi connectivity index (χ3v) is 5.59. The summed E-state index contributed by atoms with van der Waals surface area (Å²) in [7, 11) is -3.84. The summed E-state index contributed by atoms with van der Waals surface area (Å²) in [6.07, 6.45) is 3.58. The number of hydrogen-bond donors (Lipinski definition) is 2.